The van der Waals surface area contributed by atoms with Gasteiger partial charge in [0.25, 0.3) is 5.91 Å². The van der Waals surface area contributed by atoms with Crippen molar-refractivity contribution >= 4 is 40.8 Å². The summed E-state index contributed by atoms with van der Waals surface area (Å²) in [6.07, 6.45) is 0.656. The average molecular weight is 436 g/mol. The molecule has 1 unspecified atom stereocenters. The van der Waals surface area contributed by atoms with E-state index in [9.17, 15) is 9.59 Å². The topological polar surface area (TPSA) is 64.6 Å². The lowest BCUT2D eigenvalue weighted by Crippen LogP contribution is -2.30. The van der Waals surface area contributed by atoms with E-state index in [1.54, 1.807) is 55.7 Å². The minimum atomic E-state index is -1.03. The number of hydrogen-bond donors (Lipinski definition) is 1. The van der Waals surface area contributed by atoms with Crippen LogP contribution in [0, 0.1) is 0 Å². The summed E-state index contributed by atoms with van der Waals surface area (Å²) < 4.78 is 10.9. The Morgan fingerprint density at radius 3 is 2.29 bits per heavy atom. The van der Waals surface area contributed by atoms with Crippen molar-refractivity contribution in [3.05, 3.63) is 95.0 Å². The van der Waals surface area contributed by atoms with Crippen LogP contribution in [0.3, 0.4) is 0 Å². The molecule has 0 aliphatic carbocycles. The average Bonchev–Trinajstić information content (AvgIpc) is 2.79. The summed E-state index contributed by atoms with van der Waals surface area (Å²) in [5.74, 6) is -0.488. The molecule has 1 amide bonds. The number of benzene rings is 3. The molecule has 0 saturated heterocycles. The van der Waals surface area contributed by atoms with Gasteiger partial charge in [0.2, 0.25) is 0 Å². The van der Waals surface area contributed by atoms with E-state index in [4.69, 9.17) is 21.1 Å². The second-order valence-electron chi connectivity index (χ2n) is 6.68. The molecule has 0 heterocycles. The lowest BCUT2D eigenvalue weighted by atomic mass is 10.0. The molecular formula is C25H22ClNO4. The second kappa shape index (κ2) is 10.5. The van der Waals surface area contributed by atoms with Crippen LogP contribution in [0.5, 0.6) is 5.75 Å². The van der Waals surface area contributed by atoms with Gasteiger partial charge in [0.05, 0.1) is 23.4 Å². The molecule has 6 heteroatoms. The van der Waals surface area contributed by atoms with E-state index in [-0.39, 0.29) is 0 Å². The fourth-order valence-corrected chi connectivity index (χ4v) is 3.08. The zero-order valence-electron chi connectivity index (χ0n) is 17.2. The Hall–Kier alpha value is -3.57. The van der Waals surface area contributed by atoms with Crippen molar-refractivity contribution in [1.82, 2.24) is 0 Å². The predicted molar refractivity (Wildman–Crippen MR) is 123 cm³/mol. The maximum absolute atomic E-state index is 13.0. The van der Waals surface area contributed by atoms with Crippen LogP contribution in [-0.2, 0) is 14.3 Å². The first kappa shape index (κ1) is 22.1. The normalized spacial score (nSPS) is 12.0. The third-order valence-corrected chi connectivity index (χ3v) is 4.86. The van der Waals surface area contributed by atoms with Crippen LogP contribution in [0.4, 0.5) is 5.69 Å². The van der Waals surface area contributed by atoms with Crippen LogP contribution in [0.2, 0.25) is 5.02 Å². The van der Waals surface area contributed by atoms with Crippen molar-refractivity contribution in [3.8, 4) is 5.75 Å². The summed E-state index contributed by atoms with van der Waals surface area (Å²) in [4.78, 5) is 25.6. The van der Waals surface area contributed by atoms with Crippen molar-refractivity contribution in [3.63, 3.8) is 0 Å². The van der Waals surface area contributed by atoms with E-state index in [0.29, 0.717) is 33.2 Å². The van der Waals surface area contributed by atoms with E-state index in [1.807, 2.05) is 36.4 Å². The van der Waals surface area contributed by atoms with Gasteiger partial charge in [-0.1, -0.05) is 72.3 Å². The van der Waals surface area contributed by atoms with Gasteiger partial charge in [-0.25, -0.2) is 4.79 Å². The van der Waals surface area contributed by atoms with Crippen molar-refractivity contribution in [1.29, 1.82) is 0 Å². The molecule has 0 aliphatic rings. The highest BCUT2D eigenvalue weighted by Gasteiger charge is 2.22. The third kappa shape index (κ3) is 5.74. The Morgan fingerprint density at radius 2 is 1.58 bits per heavy atom. The summed E-state index contributed by atoms with van der Waals surface area (Å²) >= 11 is 6.08. The second-order valence-corrected chi connectivity index (χ2v) is 7.09. The summed E-state index contributed by atoms with van der Waals surface area (Å²) in [5.41, 5.74) is 2.14. The molecule has 0 aliphatic heterocycles. The number of ether oxygens (including phenoxy) is 2. The molecule has 3 aromatic rings. The number of hydrogen-bond acceptors (Lipinski definition) is 4. The van der Waals surface area contributed by atoms with Crippen LogP contribution in [0.15, 0.2) is 78.9 Å². The van der Waals surface area contributed by atoms with Gasteiger partial charge >= 0.3 is 5.97 Å². The zero-order valence-corrected chi connectivity index (χ0v) is 17.9. The fourth-order valence-electron chi connectivity index (χ4n) is 2.89. The number of rotatable bonds is 7. The van der Waals surface area contributed by atoms with Crippen LogP contribution >= 0.6 is 11.6 Å². The number of methoxy groups -OCH3 is 1. The number of anilines is 1. The van der Waals surface area contributed by atoms with E-state index < -0.39 is 18.0 Å². The zero-order chi connectivity index (χ0) is 22.2. The molecule has 0 radical (unpaired) electrons. The fraction of sp³-hybridized carbons (Fsp3) is 0.120. The Kier molecular flexibility index (Phi) is 7.46. The van der Waals surface area contributed by atoms with Gasteiger partial charge in [-0.05, 0) is 36.8 Å². The van der Waals surface area contributed by atoms with E-state index >= 15 is 0 Å². The number of carbonyl (C=O) groups is 2. The van der Waals surface area contributed by atoms with Crippen LogP contribution in [-0.4, -0.2) is 25.1 Å². The maximum atomic E-state index is 13.0. The molecule has 0 fully saturated rings. The monoisotopic (exact) mass is 435 g/mol. The predicted octanol–water partition coefficient (Wildman–Crippen LogP) is 5.46. The van der Waals surface area contributed by atoms with Crippen LogP contribution in [0.25, 0.3) is 11.6 Å². The van der Waals surface area contributed by atoms with Gasteiger partial charge in [0, 0.05) is 5.56 Å². The number of nitrogens with one attached hydrogen (secondary N) is 1. The molecular weight excluding hydrogens is 414 g/mol. The summed E-state index contributed by atoms with van der Waals surface area (Å²) in [7, 11) is 1.56. The molecule has 0 bridgehead atoms. The minimum Gasteiger partial charge on any atom is -0.496 e. The number of carbonyl (C=O) groups excluding carboxylic acids is 2. The van der Waals surface area contributed by atoms with Crippen molar-refractivity contribution < 1.29 is 19.1 Å². The molecule has 1 atom stereocenters. The minimum absolute atomic E-state index is 0.308. The molecule has 0 saturated carbocycles. The Balaban J connectivity index is 1.84. The quantitative estimate of drug-likeness (QED) is 0.304. The smallest absolute Gasteiger partial charge is 0.339 e. The van der Waals surface area contributed by atoms with Gasteiger partial charge in [0.15, 0.2) is 6.10 Å². The first-order valence-electron chi connectivity index (χ1n) is 9.66. The molecule has 0 spiro atoms. The third-order valence-electron chi connectivity index (χ3n) is 4.53. The molecule has 31 heavy (non-hydrogen) atoms. The first-order valence-corrected chi connectivity index (χ1v) is 10.0. The van der Waals surface area contributed by atoms with E-state index in [1.165, 1.54) is 6.92 Å². The highest BCUT2D eigenvalue weighted by atomic mass is 35.5. The Labute approximate surface area is 186 Å². The summed E-state index contributed by atoms with van der Waals surface area (Å²) in [6.45, 7) is 1.51. The van der Waals surface area contributed by atoms with Gasteiger partial charge in [-0.15, -0.1) is 0 Å². The Bertz CT molecular complexity index is 1100. The van der Waals surface area contributed by atoms with Crippen LogP contribution in [0.1, 0.15) is 18.1 Å². The molecule has 0 aromatic heterocycles. The molecule has 3 aromatic carbocycles. The number of halogens is 1. The van der Waals surface area contributed by atoms with E-state index in [0.717, 1.165) is 0 Å². The maximum Gasteiger partial charge on any atom is 0.339 e. The molecule has 1 N–H and O–H groups in total. The Morgan fingerprint density at radius 1 is 0.935 bits per heavy atom. The van der Waals surface area contributed by atoms with Crippen molar-refractivity contribution in [2.45, 2.75) is 13.0 Å². The standard InChI is InChI=1S/C25H22ClNO4/c1-17(24(28)27-22-14-8-7-13-21(22)26)31-25(29)20(18-10-4-3-5-11-18)16-19-12-6-9-15-23(19)30-2/h3-17H,1-2H3,(H,27,28)/b20-16+. The molecule has 5 nitrogen and oxygen atoms in total. The summed E-state index contributed by atoms with van der Waals surface area (Å²) in [6, 6.07) is 23.3. The highest BCUT2D eigenvalue weighted by molar-refractivity contribution is 6.33. The largest absolute Gasteiger partial charge is 0.496 e. The van der Waals surface area contributed by atoms with Gasteiger partial charge in [-0.2, -0.15) is 0 Å². The lowest BCUT2D eigenvalue weighted by Gasteiger charge is -2.16. The number of para-hydroxylation sites is 2. The van der Waals surface area contributed by atoms with E-state index in [2.05, 4.69) is 5.32 Å². The highest BCUT2D eigenvalue weighted by Crippen LogP contribution is 2.26. The lowest BCUT2D eigenvalue weighted by molar-refractivity contribution is -0.147. The number of esters is 1. The number of amides is 1. The first-order chi connectivity index (χ1) is 15.0. The van der Waals surface area contributed by atoms with Crippen molar-refractivity contribution in [2.75, 3.05) is 12.4 Å². The SMILES string of the molecule is COc1ccccc1/C=C(/C(=O)OC(C)C(=O)Nc1ccccc1Cl)c1ccccc1. The van der Waals surface area contributed by atoms with Crippen molar-refractivity contribution in [2.24, 2.45) is 0 Å². The molecule has 158 valence electrons. The van der Waals surface area contributed by atoms with Gasteiger partial charge in [0.1, 0.15) is 5.75 Å². The molecule has 3 rings (SSSR count). The van der Waals surface area contributed by atoms with Gasteiger partial charge < -0.3 is 14.8 Å². The summed E-state index contributed by atoms with van der Waals surface area (Å²) in [5, 5.41) is 3.07. The van der Waals surface area contributed by atoms with Gasteiger partial charge in [-0.3, -0.25) is 4.79 Å². The van der Waals surface area contributed by atoms with Crippen LogP contribution < -0.4 is 10.1 Å².